The number of thioether (sulfide) groups is 1. The highest BCUT2D eigenvalue weighted by Crippen LogP contribution is 2.28. The van der Waals surface area contributed by atoms with Gasteiger partial charge in [-0.05, 0) is 51.5 Å². The van der Waals surface area contributed by atoms with Gasteiger partial charge >= 0.3 is 6.03 Å². The van der Waals surface area contributed by atoms with Gasteiger partial charge in [-0.15, -0.1) is 0 Å². The number of nitrogens with zero attached hydrogens (tertiary/aromatic N) is 3. The second-order valence-electron chi connectivity index (χ2n) is 5.59. The van der Waals surface area contributed by atoms with Crippen LogP contribution >= 0.6 is 11.8 Å². The molecule has 22 heavy (non-hydrogen) atoms. The summed E-state index contributed by atoms with van der Waals surface area (Å²) in [6, 6.07) is 6.10. The van der Waals surface area contributed by atoms with Crippen molar-refractivity contribution in [1.29, 1.82) is 0 Å². The standard InChI is InChI=1S/C16H22FN3OS/c1-5-12(4)18-15-20(11(2)3)16(21)19(10-22-15)14-8-6-13(17)7-9-14/h6-9,11-12H,5,10H2,1-4H3/b18-15-. The maximum Gasteiger partial charge on any atom is 0.331 e. The van der Waals surface area contributed by atoms with E-state index in [1.54, 1.807) is 33.7 Å². The number of urea groups is 1. The van der Waals surface area contributed by atoms with E-state index < -0.39 is 0 Å². The number of aliphatic imine (C=N–C) groups is 1. The molecule has 0 bridgehead atoms. The van der Waals surface area contributed by atoms with E-state index in [2.05, 4.69) is 11.9 Å². The summed E-state index contributed by atoms with van der Waals surface area (Å²) in [5.74, 6) is 0.184. The van der Waals surface area contributed by atoms with Crippen LogP contribution in [0.3, 0.4) is 0 Å². The number of carbonyl (C=O) groups excluding carboxylic acids is 1. The van der Waals surface area contributed by atoms with Gasteiger partial charge < -0.3 is 0 Å². The van der Waals surface area contributed by atoms with Crippen molar-refractivity contribution in [2.75, 3.05) is 10.8 Å². The van der Waals surface area contributed by atoms with Crippen molar-refractivity contribution in [1.82, 2.24) is 4.90 Å². The summed E-state index contributed by atoms with van der Waals surface area (Å²) < 4.78 is 13.1. The summed E-state index contributed by atoms with van der Waals surface area (Å²) in [7, 11) is 0. The van der Waals surface area contributed by atoms with Crippen LogP contribution in [0.1, 0.15) is 34.1 Å². The number of anilines is 1. The third-order valence-electron chi connectivity index (χ3n) is 3.54. The fourth-order valence-electron chi connectivity index (χ4n) is 2.09. The van der Waals surface area contributed by atoms with Crippen molar-refractivity contribution in [3.05, 3.63) is 30.1 Å². The van der Waals surface area contributed by atoms with Crippen LogP contribution in [0.2, 0.25) is 0 Å². The van der Waals surface area contributed by atoms with Crippen LogP contribution in [0.4, 0.5) is 14.9 Å². The molecule has 1 aromatic carbocycles. The van der Waals surface area contributed by atoms with E-state index in [4.69, 9.17) is 0 Å². The molecular formula is C16H22FN3OS. The largest absolute Gasteiger partial charge is 0.331 e. The zero-order chi connectivity index (χ0) is 16.3. The molecule has 0 saturated carbocycles. The van der Waals surface area contributed by atoms with Crippen molar-refractivity contribution < 1.29 is 9.18 Å². The summed E-state index contributed by atoms with van der Waals surface area (Å²) in [4.78, 5) is 20.8. The molecule has 1 heterocycles. The van der Waals surface area contributed by atoms with E-state index >= 15 is 0 Å². The number of benzene rings is 1. The predicted octanol–water partition coefficient (Wildman–Crippen LogP) is 4.32. The number of hydrogen-bond donors (Lipinski definition) is 0. The number of amides is 2. The first kappa shape index (κ1) is 16.8. The lowest BCUT2D eigenvalue weighted by atomic mass is 10.3. The highest BCUT2D eigenvalue weighted by Gasteiger charge is 2.34. The number of halogens is 1. The van der Waals surface area contributed by atoms with Crippen molar-refractivity contribution in [2.45, 2.75) is 46.2 Å². The number of hydrogen-bond acceptors (Lipinski definition) is 3. The molecule has 4 nitrogen and oxygen atoms in total. The second kappa shape index (κ2) is 7.13. The molecule has 0 spiro atoms. The molecule has 6 heteroatoms. The molecule has 2 rings (SSSR count). The monoisotopic (exact) mass is 323 g/mol. The summed E-state index contributed by atoms with van der Waals surface area (Å²) in [5, 5.41) is 0.771. The molecule has 120 valence electrons. The van der Waals surface area contributed by atoms with E-state index in [0.29, 0.717) is 11.6 Å². The van der Waals surface area contributed by atoms with Gasteiger partial charge in [-0.25, -0.2) is 9.18 Å². The molecule has 1 fully saturated rings. The van der Waals surface area contributed by atoms with Crippen LogP contribution in [0, 0.1) is 5.82 Å². The molecule has 1 unspecified atom stereocenters. The molecule has 1 atom stereocenters. The van der Waals surface area contributed by atoms with Gasteiger partial charge in [0.25, 0.3) is 0 Å². The van der Waals surface area contributed by atoms with Crippen LogP contribution in [0.5, 0.6) is 0 Å². The molecule has 1 aliphatic rings. The average Bonchev–Trinajstić information content (AvgIpc) is 2.48. The molecule has 0 N–H and O–H groups in total. The fourth-order valence-corrected chi connectivity index (χ4v) is 3.27. The van der Waals surface area contributed by atoms with Crippen molar-refractivity contribution in [3.8, 4) is 0 Å². The SMILES string of the molecule is CCC(C)/N=C1\SCN(c2ccc(F)cc2)C(=O)N1C(C)C. The molecule has 2 amide bonds. The molecule has 0 radical (unpaired) electrons. The molecule has 0 aromatic heterocycles. The van der Waals surface area contributed by atoms with E-state index in [0.717, 1.165) is 11.6 Å². The Morgan fingerprint density at radius 3 is 2.45 bits per heavy atom. The lowest BCUT2D eigenvalue weighted by molar-refractivity contribution is 0.220. The fraction of sp³-hybridized carbons (Fsp3) is 0.500. The van der Waals surface area contributed by atoms with Gasteiger partial charge in [0.1, 0.15) is 5.82 Å². The van der Waals surface area contributed by atoms with Gasteiger partial charge in [0.15, 0.2) is 5.17 Å². The normalized spacial score (nSPS) is 19.2. The van der Waals surface area contributed by atoms with Crippen LogP contribution in [0.15, 0.2) is 29.3 Å². The van der Waals surface area contributed by atoms with Crippen LogP contribution in [0.25, 0.3) is 0 Å². The minimum Gasteiger partial charge on any atom is -0.284 e. The predicted molar refractivity (Wildman–Crippen MR) is 90.9 cm³/mol. The third-order valence-corrected chi connectivity index (χ3v) is 4.49. The van der Waals surface area contributed by atoms with Gasteiger partial charge in [-0.2, -0.15) is 0 Å². The van der Waals surface area contributed by atoms with Crippen molar-refractivity contribution >= 4 is 28.6 Å². The minimum absolute atomic E-state index is 0.0195. The van der Waals surface area contributed by atoms with Gasteiger partial charge in [-0.3, -0.25) is 14.8 Å². The van der Waals surface area contributed by atoms with Crippen LogP contribution in [-0.4, -0.2) is 34.1 Å². The summed E-state index contributed by atoms with van der Waals surface area (Å²) in [5.41, 5.74) is 0.701. The summed E-state index contributed by atoms with van der Waals surface area (Å²) >= 11 is 1.54. The average molecular weight is 323 g/mol. The molecule has 1 aromatic rings. The number of carbonyl (C=O) groups is 1. The third kappa shape index (κ3) is 3.61. The minimum atomic E-state index is -0.305. The smallest absolute Gasteiger partial charge is 0.284 e. The first-order valence-corrected chi connectivity index (χ1v) is 8.49. The highest BCUT2D eigenvalue weighted by atomic mass is 32.2. The Bertz CT molecular complexity index is 559. The van der Waals surface area contributed by atoms with E-state index in [-0.39, 0.29) is 23.9 Å². The summed E-state index contributed by atoms with van der Waals surface area (Å²) in [6.45, 7) is 8.06. The maximum absolute atomic E-state index is 13.1. The Balaban J connectivity index is 2.28. The van der Waals surface area contributed by atoms with Crippen LogP contribution < -0.4 is 4.90 Å². The van der Waals surface area contributed by atoms with Gasteiger partial charge in [0.2, 0.25) is 0 Å². The second-order valence-corrected chi connectivity index (χ2v) is 6.51. The van der Waals surface area contributed by atoms with E-state index in [1.807, 2.05) is 20.8 Å². The van der Waals surface area contributed by atoms with Gasteiger partial charge in [-0.1, -0.05) is 18.7 Å². The topological polar surface area (TPSA) is 35.9 Å². The quantitative estimate of drug-likeness (QED) is 0.827. The Hall–Kier alpha value is -1.56. The first-order valence-electron chi connectivity index (χ1n) is 7.51. The van der Waals surface area contributed by atoms with E-state index in [9.17, 15) is 9.18 Å². The molecule has 1 saturated heterocycles. The first-order chi connectivity index (χ1) is 10.4. The molecule has 0 aliphatic carbocycles. The Kier molecular flexibility index (Phi) is 5.45. The lowest BCUT2D eigenvalue weighted by Crippen LogP contribution is -2.53. The van der Waals surface area contributed by atoms with Gasteiger partial charge in [0, 0.05) is 17.8 Å². The zero-order valence-electron chi connectivity index (χ0n) is 13.4. The maximum atomic E-state index is 13.1. The van der Waals surface area contributed by atoms with Gasteiger partial charge in [0.05, 0.1) is 5.88 Å². The number of rotatable bonds is 4. The lowest BCUT2D eigenvalue weighted by Gasteiger charge is -2.38. The highest BCUT2D eigenvalue weighted by molar-refractivity contribution is 8.14. The zero-order valence-corrected chi connectivity index (χ0v) is 14.2. The Morgan fingerprint density at radius 1 is 1.27 bits per heavy atom. The summed E-state index contributed by atoms with van der Waals surface area (Å²) in [6.07, 6.45) is 0.936. The number of amidine groups is 1. The Labute approximate surface area is 135 Å². The van der Waals surface area contributed by atoms with Crippen molar-refractivity contribution in [2.24, 2.45) is 4.99 Å². The van der Waals surface area contributed by atoms with Crippen LogP contribution in [-0.2, 0) is 0 Å². The Morgan fingerprint density at radius 2 is 1.91 bits per heavy atom. The molecular weight excluding hydrogens is 301 g/mol. The van der Waals surface area contributed by atoms with Crippen molar-refractivity contribution in [3.63, 3.8) is 0 Å². The molecule has 1 aliphatic heterocycles. The van der Waals surface area contributed by atoms with E-state index in [1.165, 1.54) is 12.1 Å².